The fourth-order valence-electron chi connectivity index (χ4n) is 2.19. The third-order valence-corrected chi connectivity index (χ3v) is 3.71. The molecule has 6 heteroatoms. The van der Waals surface area contributed by atoms with Gasteiger partial charge in [-0.05, 0) is 24.3 Å². The van der Waals surface area contributed by atoms with E-state index < -0.39 is 6.04 Å². The Labute approximate surface area is 183 Å². The molecule has 0 aliphatic carbocycles. The predicted octanol–water partition coefficient (Wildman–Crippen LogP) is 3.97. The predicted molar refractivity (Wildman–Crippen MR) is 125 cm³/mol. The van der Waals surface area contributed by atoms with Gasteiger partial charge in [0.2, 0.25) is 17.7 Å². The molecule has 6 nitrogen and oxygen atoms in total. The number of rotatable bonds is 10. The maximum Gasteiger partial charge on any atom is 0.242 e. The van der Waals surface area contributed by atoms with Crippen LogP contribution in [0.15, 0.2) is 30.3 Å². The van der Waals surface area contributed by atoms with Crippen LogP contribution in [0.2, 0.25) is 0 Å². The van der Waals surface area contributed by atoms with Gasteiger partial charge in [0.05, 0.1) is 0 Å². The zero-order valence-electron chi connectivity index (χ0n) is 19.8. The summed E-state index contributed by atoms with van der Waals surface area (Å²) in [5.74, 6) is 0.418. The van der Waals surface area contributed by atoms with Crippen molar-refractivity contribution in [3.8, 4) is 0 Å². The lowest BCUT2D eigenvalue weighted by Crippen LogP contribution is -2.47. The van der Waals surface area contributed by atoms with E-state index >= 15 is 0 Å². The summed E-state index contributed by atoms with van der Waals surface area (Å²) < 4.78 is 0. The summed E-state index contributed by atoms with van der Waals surface area (Å²) in [5.41, 5.74) is 5.87. The van der Waals surface area contributed by atoms with Gasteiger partial charge in [-0.25, -0.2) is 0 Å². The molecule has 3 amide bonds. The van der Waals surface area contributed by atoms with Gasteiger partial charge in [0.15, 0.2) is 0 Å². The molecule has 1 aromatic carbocycles. The Balaban J connectivity index is 0. The lowest BCUT2D eigenvalue weighted by atomic mass is 10.0. The molecule has 0 aliphatic heterocycles. The van der Waals surface area contributed by atoms with Crippen molar-refractivity contribution in [1.82, 2.24) is 10.6 Å². The second-order valence-electron chi connectivity index (χ2n) is 7.83. The van der Waals surface area contributed by atoms with Crippen molar-refractivity contribution in [2.45, 2.75) is 85.6 Å². The highest BCUT2D eigenvalue weighted by Crippen LogP contribution is 2.04. The largest absolute Gasteiger partial charge is 0.370 e. The van der Waals surface area contributed by atoms with Crippen LogP contribution in [0.5, 0.6) is 0 Å². The molecule has 1 rings (SSSR count). The number of nitrogens with two attached hydrogens (primary N) is 1. The number of benzene rings is 1. The number of hydrogen-bond acceptors (Lipinski definition) is 3. The SMILES string of the molecule is CC(C)C.CCCCC(=O)NC(Cc1ccccc1)C(=O)NC.CCCCC(N)=O. The number of nitrogens with one attached hydrogen (secondary N) is 2. The molecule has 30 heavy (non-hydrogen) atoms. The molecular weight excluding hydrogens is 378 g/mol. The normalized spacial score (nSPS) is 10.6. The molecule has 0 radical (unpaired) electrons. The average Bonchev–Trinajstić information content (AvgIpc) is 2.70. The summed E-state index contributed by atoms with van der Waals surface area (Å²) >= 11 is 0. The van der Waals surface area contributed by atoms with Crippen LogP contribution in [0.25, 0.3) is 0 Å². The Bertz CT molecular complexity index is 572. The Kier molecular flexibility index (Phi) is 19.8. The molecule has 1 atom stereocenters. The minimum atomic E-state index is -0.503. The maximum absolute atomic E-state index is 11.8. The van der Waals surface area contributed by atoms with Crippen molar-refractivity contribution in [1.29, 1.82) is 0 Å². The summed E-state index contributed by atoms with van der Waals surface area (Å²) in [7, 11) is 1.58. The second-order valence-corrected chi connectivity index (χ2v) is 7.83. The van der Waals surface area contributed by atoms with Crippen LogP contribution in [0.3, 0.4) is 0 Å². The molecule has 0 saturated carbocycles. The number of carbonyl (C=O) groups is 3. The number of carbonyl (C=O) groups excluding carboxylic acids is 3. The zero-order chi connectivity index (χ0) is 23.4. The first-order chi connectivity index (χ1) is 14.2. The van der Waals surface area contributed by atoms with Gasteiger partial charge in [0, 0.05) is 26.3 Å². The van der Waals surface area contributed by atoms with Crippen LogP contribution >= 0.6 is 0 Å². The summed E-state index contributed by atoms with van der Waals surface area (Å²) in [6.07, 6.45) is 5.31. The van der Waals surface area contributed by atoms with Crippen molar-refractivity contribution in [2.24, 2.45) is 11.7 Å². The quantitative estimate of drug-likeness (QED) is 0.532. The third-order valence-electron chi connectivity index (χ3n) is 3.71. The Morgan fingerprint density at radius 3 is 1.83 bits per heavy atom. The van der Waals surface area contributed by atoms with E-state index in [1.165, 1.54) is 0 Å². The maximum atomic E-state index is 11.8. The minimum Gasteiger partial charge on any atom is -0.370 e. The molecule has 0 saturated heterocycles. The van der Waals surface area contributed by atoms with Crippen molar-refractivity contribution in [3.63, 3.8) is 0 Å². The monoisotopic (exact) mass is 421 g/mol. The van der Waals surface area contributed by atoms with Crippen molar-refractivity contribution >= 4 is 17.7 Å². The van der Waals surface area contributed by atoms with E-state index in [2.05, 4.69) is 31.4 Å². The number of unbranched alkanes of at least 4 members (excludes halogenated alkanes) is 2. The highest BCUT2D eigenvalue weighted by molar-refractivity contribution is 5.87. The number of amides is 3. The molecule has 0 spiro atoms. The molecule has 172 valence electrons. The van der Waals surface area contributed by atoms with Gasteiger partial charge in [0.1, 0.15) is 6.04 Å². The van der Waals surface area contributed by atoms with Crippen molar-refractivity contribution in [2.75, 3.05) is 7.05 Å². The summed E-state index contributed by atoms with van der Waals surface area (Å²) in [5, 5.41) is 5.39. The van der Waals surface area contributed by atoms with E-state index in [0.29, 0.717) is 19.3 Å². The molecule has 1 aromatic rings. The minimum absolute atomic E-state index is 0.0635. The van der Waals surface area contributed by atoms with E-state index in [4.69, 9.17) is 5.73 Å². The van der Waals surface area contributed by atoms with Crippen molar-refractivity contribution < 1.29 is 14.4 Å². The lowest BCUT2D eigenvalue weighted by Gasteiger charge is -2.17. The fourth-order valence-corrected chi connectivity index (χ4v) is 2.19. The first kappa shape index (κ1) is 29.8. The van der Waals surface area contributed by atoms with E-state index in [0.717, 1.165) is 37.2 Å². The van der Waals surface area contributed by atoms with Crippen molar-refractivity contribution in [3.05, 3.63) is 35.9 Å². The lowest BCUT2D eigenvalue weighted by molar-refractivity contribution is -0.128. The van der Waals surface area contributed by atoms with Gasteiger partial charge in [-0.15, -0.1) is 0 Å². The summed E-state index contributed by atoms with van der Waals surface area (Å²) in [6.45, 7) is 10.6. The fraction of sp³-hybridized carbons (Fsp3) is 0.625. The zero-order valence-corrected chi connectivity index (χ0v) is 19.8. The number of likely N-dealkylation sites (N-methyl/N-ethyl adjacent to an activating group) is 1. The Morgan fingerprint density at radius 2 is 1.43 bits per heavy atom. The van der Waals surface area contributed by atoms with E-state index in [9.17, 15) is 14.4 Å². The first-order valence-electron chi connectivity index (χ1n) is 11.0. The Morgan fingerprint density at radius 1 is 0.933 bits per heavy atom. The van der Waals surface area contributed by atoms with Crippen LogP contribution in [-0.4, -0.2) is 30.8 Å². The summed E-state index contributed by atoms with van der Waals surface area (Å²) in [4.78, 5) is 33.5. The smallest absolute Gasteiger partial charge is 0.242 e. The highest BCUT2D eigenvalue weighted by Gasteiger charge is 2.19. The van der Waals surface area contributed by atoms with Gasteiger partial charge < -0.3 is 16.4 Å². The van der Waals surface area contributed by atoms with E-state index in [-0.39, 0.29) is 17.7 Å². The van der Waals surface area contributed by atoms with Crippen LogP contribution in [0, 0.1) is 5.92 Å². The van der Waals surface area contributed by atoms with Gasteiger partial charge in [0.25, 0.3) is 0 Å². The van der Waals surface area contributed by atoms with Gasteiger partial charge in [-0.3, -0.25) is 14.4 Å². The van der Waals surface area contributed by atoms with Crippen LogP contribution < -0.4 is 16.4 Å². The molecule has 0 aromatic heterocycles. The molecule has 0 bridgehead atoms. The molecule has 4 N–H and O–H groups in total. The molecule has 0 fully saturated rings. The third kappa shape index (κ3) is 20.4. The average molecular weight is 422 g/mol. The standard InChI is InChI=1S/C15H22N2O2.C5H11NO.C4H10/c1-3-4-10-14(18)17-13(15(19)16-2)11-12-8-6-5-7-9-12;1-2-3-4-5(6)7;1-4(2)3/h5-9,13H,3-4,10-11H2,1-2H3,(H,16,19)(H,17,18);2-4H2,1H3,(H2,6,7);4H,1-3H3. The summed E-state index contributed by atoms with van der Waals surface area (Å²) in [6, 6.07) is 9.18. The van der Waals surface area contributed by atoms with Gasteiger partial charge >= 0.3 is 0 Å². The first-order valence-corrected chi connectivity index (χ1v) is 11.0. The Hall–Kier alpha value is -2.37. The second kappa shape index (κ2) is 19.9. The molecular formula is C24H43N3O3. The van der Waals surface area contributed by atoms with Crippen LogP contribution in [0.1, 0.15) is 78.7 Å². The van der Waals surface area contributed by atoms with Gasteiger partial charge in [-0.2, -0.15) is 0 Å². The van der Waals surface area contributed by atoms with E-state index in [1.807, 2.05) is 44.2 Å². The topological polar surface area (TPSA) is 101 Å². The number of hydrogen-bond donors (Lipinski definition) is 3. The molecule has 0 aliphatic rings. The van der Waals surface area contributed by atoms with Crippen LogP contribution in [0.4, 0.5) is 0 Å². The highest BCUT2D eigenvalue weighted by atomic mass is 16.2. The van der Waals surface area contributed by atoms with Crippen LogP contribution in [-0.2, 0) is 20.8 Å². The molecule has 0 heterocycles. The number of primary amides is 1. The van der Waals surface area contributed by atoms with Gasteiger partial charge in [-0.1, -0.05) is 77.8 Å². The van der Waals surface area contributed by atoms with E-state index in [1.54, 1.807) is 7.05 Å². The molecule has 1 unspecified atom stereocenters.